The second-order valence-corrected chi connectivity index (χ2v) is 6.11. The van der Waals surface area contributed by atoms with Crippen LogP contribution in [0.2, 0.25) is 0 Å². The first kappa shape index (κ1) is 13.5. The van der Waals surface area contributed by atoms with E-state index in [2.05, 4.69) is 12.6 Å². The van der Waals surface area contributed by atoms with Gasteiger partial charge in [-0.2, -0.15) is 0 Å². The van der Waals surface area contributed by atoms with E-state index in [1.807, 2.05) is 24.3 Å². The standard InChI is InChI=1S/C13H15NO2S2/c1-9(15)18-8-10-5-13(16)14(7-10)11-3-2-4-12(17)6-11/h2-4,6,10,17H,5,7-8H2,1H3. The van der Waals surface area contributed by atoms with Crippen LogP contribution in [-0.2, 0) is 9.59 Å². The quantitative estimate of drug-likeness (QED) is 0.865. The summed E-state index contributed by atoms with van der Waals surface area (Å²) in [5.41, 5.74) is 0.892. The van der Waals surface area contributed by atoms with Gasteiger partial charge in [0.1, 0.15) is 0 Å². The van der Waals surface area contributed by atoms with Gasteiger partial charge in [0.05, 0.1) is 0 Å². The molecule has 0 bridgehead atoms. The minimum absolute atomic E-state index is 0.109. The van der Waals surface area contributed by atoms with Crippen LogP contribution in [0.15, 0.2) is 29.2 Å². The third-order valence-electron chi connectivity index (χ3n) is 2.87. The first-order valence-electron chi connectivity index (χ1n) is 5.79. The Kier molecular flexibility index (Phi) is 4.35. The van der Waals surface area contributed by atoms with E-state index in [1.165, 1.54) is 11.8 Å². The van der Waals surface area contributed by atoms with Gasteiger partial charge in [-0.15, -0.1) is 12.6 Å². The van der Waals surface area contributed by atoms with Gasteiger partial charge in [0, 0.05) is 36.2 Å². The molecule has 0 radical (unpaired) electrons. The van der Waals surface area contributed by atoms with Crippen LogP contribution in [0.5, 0.6) is 0 Å². The molecule has 1 amide bonds. The summed E-state index contributed by atoms with van der Waals surface area (Å²) in [7, 11) is 0. The number of carbonyl (C=O) groups is 2. The summed E-state index contributed by atoms with van der Waals surface area (Å²) < 4.78 is 0. The Labute approximate surface area is 116 Å². The van der Waals surface area contributed by atoms with E-state index in [0.29, 0.717) is 13.0 Å². The average molecular weight is 281 g/mol. The van der Waals surface area contributed by atoms with E-state index in [9.17, 15) is 9.59 Å². The van der Waals surface area contributed by atoms with Gasteiger partial charge in [0.15, 0.2) is 5.12 Å². The summed E-state index contributed by atoms with van der Waals surface area (Å²) in [6, 6.07) is 7.58. The molecule has 18 heavy (non-hydrogen) atoms. The highest BCUT2D eigenvalue weighted by molar-refractivity contribution is 8.13. The fourth-order valence-corrected chi connectivity index (χ4v) is 2.95. The summed E-state index contributed by atoms with van der Waals surface area (Å²) >= 11 is 5.58. The maximum Gasteiger partial charge on any atom is 0.227 e. The smallest absolute Gasteiger partial charge is 0.227 e. The van der Waals surface area contributed by atoms with Crippen molar-refractivity contribution >= 4 is 41.1 Å². The van der Waals surface area contributed by atoms with E-state index >= 15 is 0 Å². The van der Waals surface area contributed by atoms with Crippen molar-refractivity contribution in [1.29, 1.82) is 0 Å². The van der Waals surface area contributed by atoms with Gasteiger partial charge in [0.2, 0.25) is 5.91 Å². The number of carbonyl (C=O) groups excluding carboxylic acids is 2. The molecular formula is C13H15NO2S2. The van der Waals surface area contributed by atoms with Crippen molar-refractivity contribution in [2.45, 2.75) is 18.2 Å². The SMILES string of the molecule is CC(=O)SCC1CC(=O)N(c2cccc(S)c2)C1. The lowest BCUT2D eigenvalue weighted by atomic mass is 10.1. The summed E-state index contributed by atoms with van der Waals surface area (Å²) in [6.45, 7) is 2.25. The monoisotopic (exact) mass is 281 g/mol. The van der Waals surface area contributed by atoms with Crippen molar-refractivity contribution in [3.05, 3.63) is 24.3 Å². The van der Waals surface area contributed by atoms with E-state index < -0.39 is 0 Å². The topological polar surface area (TPSA) is 37.4 Å². The third-order valence-corrected chi connectivity index (χ3v) is 4.19. The molecule has 1 fully saturated rings. The molecule has 0 spiro atoms. The lowest BCUT2D eigenvalue weighted by Gasteiger charge is -2.16. The number of thiol groups is 1. The predicted octanol–water partition coefficient (Wildman–Crippen LogP) is 2.61. The highest BCUT2D eigenvalue weighted by Gasteiger charge is 2.30. The van der Waals surface area contributed by atoms with Crippen molar-refractivity contribution in [1.82, 2.24) is 0 Å². The first-order chi connectivity index (χ1) is 8.56. The molecule has 1 atom stereocenters. The summed E-state index contributed by atoms with van der Waals surface area (Å²) in [5, 5.41) is 0.109. The minimum Gasteiger partial charge on any atom is -0.312 e. The summed E-state index contributed by atoms with van der Waals surface area (Å²) in [5.74, 6) is 1.11. The second-order valence-electron chi connectivity index (χ2n) is 4.40. The maximum absolute atomic E-state index is 11.9. The van der Waals surface area contributed by atoms with Crippen molar-refractivity contribution in [3.63, 3.8) is 0 Å². The van der Waals surface area contributed by atoms with Crippen LogP contribution >= 0.6 is 24.4 Å². The molecular weight excluding hydrogens is 266 g/mol. The Morgan fingerprint density at radius 2 is 2.33 bits per heavy atom. The highest BCUT2D eigenvalue weighted by atomic mass is 32.2. The van der Waals surface area contributed by atoms with Gasteiger partial charge < -0.3 is 4.90 Å². The fourth-order valence-electron chi connectivity index (χ4n) is 2.04. The molecule has 1 aromatic carbocycles. The van der Waals surface area contributed by atoms with E-state index in [1.54, 1.807) is 11.8 Å². The normalized spacial score (nSPS) is 19.3. The molecule has 1 unspecified atom stereocenters. The van der Waals surface area contributed by atoms with Crippen LogP contribution in [0, 0.1) is 5.92 Å². The van der Waals surface area contributed by atoms with Gasteiger partial charge >= 0.3 is 0 Å². The summed E-state index contributed by atoms with van der Waals surface area (Å²) in [4.78, 5) is 25.5. The molecule has 1 aliphatic rings. The van der Waals surface area contributed by atoms with Gasteiger partial charge in [-0.25, -0.2) is 0 Å². The fraction of sp³-hybridized carbons (Fsp3) is 0.385. The number of benzene rings is 1. The van der Waals surface area contributed by atoms with Crippen molar-refractivity contribution < 1.29 is 9.59 Å². The number of hydrogen-bond acceptors (Lipinski definition) is 4. The first-order valence-corrected chi connectivity index (χ1v) is 7.22. The zero-order valence-electron chi connectivity index (χ0n) is 10.1. The number of hydrogen-bond donors (Lipinski definition) is 1. The average Bonchev–Trinajstić information content (AvgIpc) is 2.68. The zero-order valence-corrected chi connectivity index (χ0v) is 11.8. The van der Waals surface area contributed by atoms with E-state index in [-0.39, 0.29) is 16.9 Å². The molecule has 1 aliphatic heterocycles. The Hall–Kier alpha value is -0.940. The van der Waals surface area contributed by atoms with Crippen molar-refractivity contribution in [3.8, 4) is 0 Å². The van der Waals surface area contributed by atoms with Crippen LogP contribution in [0.4, 0.5) is 5.69 Å². The Balaban J connectivity index is 2.03. The number of thioether (sulfide) groups is 1. The molecule has 0 saturated carbocycles. The maximum atomic E-state index is 11.9. The lowest BCUT2D eigenvalue weighted by Crippen LogP contribution is -2.24. The van der Waals surface area contributed by atoms with Gasteiger partial charge in [-0.05, 0) is 24.1 Å². The highest BCUT2D eigenvalue weighted by Crippen LogP contribution is 2.28. The molecule has 5 heteroatoms. The molecule has 3 nitrogen and oxygen atoms in total. The Morgan fingerprint density at radius 1 is 1.56 bits per heavy atom. The third kappa shape index (κ3) is 3.29. The lowest BCUT2D eigenvalue weighted by molar-refractivity contribution is -0.117. The molecule has 0 N–H and O–H groups in total. The minimum atomic E-state index is 0.109. The van der Waals surface area contributed by atoms with Crippen LogP contribution < -0.4 is 4.90 Å². The molecule has 0 aliphatic carbocycles. The van der Waals surface area contributed by atoms with Crippen LogP contribution in [-0.4, -0.2) is 23.3 Å². The number of anilines is 1. The van der Waals surface area contributed by atoms with Gasteiger partial charge in [-0.3, -0.25) is 9.59 Å². The number of amides is 1. The predicted molar refractivity (Wildman–Crippen MR) is 77.3 cm³/mol. The number of rotatable bonds is 3. The van der Waals surface area contributed by atoms with Crippen molar-refractivity contribution in [2.75, 3.05) is 17.2 Å². The zero-order chi connectivity index (χ0) is 13.1. The van der Waals surface area contributed by atoms with Crippen molar-refractivity contribution in [2.24, 2.45) is 5.92 Å². The van der Waals surface area contributed by atoms with Crippen LogP contribution in [0.3, 0.4) is 0 Å². The molecule has 2 rings (SSSR count). The van der Waals surface area contributed by atoms with E-state index in [4.69, 9.17) is 0 Å². The van der Waals surface area contributed by atoms with Crippen LogP contribution in [0.25, 0.3) is 0 Å². The van der Waals surface area contributed by atoms with Crippen LogP contribution in [0.1, 0.15) is 13.3 Å². The molecule has 1 saturated heterocycles. The molecule has 1 heterocycles. The van der Waals surface area contributed by atoms with E-state index in [0.717, 1.165) is 16.3 Å². The Bertz CT molecular complexity index is 476. The number of nitrogens with zero attached hydrogens (tertiary/aromatic N) is 1. The molecule has 96 valence electrons. The largest absolute Gasteiger partial charge is 0.312 e. The Morgan fingerprint density at radius 3 is 3.00 bits per heavy atom. The summed E-state index contributed by atoms with van der Waals surface area (Å²) in [6.07, 6.45) is 0.525. The second kappa shape index (κ2) is 5.80. The van der Waals surface area contributed by atoms with Gasteiger partial charge in [0.25, 0.3) is 0 Å². The van der Waals surface area contributed by atoms with Gasteiger partial charge in [-0.1, -0.05) is 17.8 Å². The molecule has 1 aromatic rings. The molecule has 0 aromatic heterocycles.